The fourth-order valence-corrected chi connectivity index (χ4v) is 3.48. The quantitative estimate of drug-likeness (QED) is 0.771. The van der Waals surface area contributed by atoms with Gasteiger partial charge < -0.3 is 10.4 Å². The first-order valence-electron chi connectivity index (χ1n) is 8.37. The normalized spacial score (nSPS) is 18.1. The second-order valence-electron chi connectivity index (χ2n) is 6.44. The highest BCUT2D eigenvalue weighted by Crippen LogP contribution is 2.25. The first-order valence-corrected chi connectivity index (χ1v) is 8.37. The number of nitrogens with one attached hydrogen (secondary N) is 1. The number of fused-ring (bicyclic) bond motifs is 1. The summed E-state index contributed by atoms with van der Waals surface area (Å²) in [4.78, 5) is 6.63. The maximum atomic E-state index is 9.60. The summed E-state index contributed by atoms with van der Waals surface area (Å²) in [5, 5.41) is 15.7. The molecule has 0 amide bonds. The van der Waals surface area contributed by atoms with Gasteiger partial charge in [-0.1, -0.05) is 24.3 Å². The summed E-state index contributed by atoms with van der Waals surface area (Å²) in [5.41, 5.74) is 2.34. The summed E-state index contributed by atoms with van der Waals surface area (Å²) in [7, 11) is 0. The van der Waals surface area contributed by atoms with Gasteiger partial charge in [0.2, 0.25) is 0 Å². The number of likely N-dealkylation sites (tertiary alicyclic amines) is 1. The van der Waals surface area contributed by atoms with Gasteiger partial charge in [0.05, 0.1) is 0 Å². The number of hydrogen-bond donors (Lipinski definition) is 2. The third-order valence-corrected chi connectivity index (χ3v) is 4.63. The number of benzene rings is 2. The molecule has 2 heterocycles. The molecule has 4 nitrogen and oxygen atoms in total. The van der Waals surface area contributed by atoms with E-state index in [2.05, 4.69) is 45.5 Å². The number of anilines is 1. The van der Waals surface area contributed by atoms with Gasteiger partial charge in [0, 0.05) is 54.5 Å². The van der Waals surface area contributed by atoms with E-state index in [1.54, 1.807) is 6.07 Å². The van der Waals surface area contributed by atoms with Crippen LogP contribution >= 0.6 is 0 Å². The van der Waals surface area contributed by atoms with E-state index in [1.807, 2.05) is 24.5 Å². The Bertz CT molecular complexity index is 844. The van der Waals surface area contributed by atoms with Gasteiger partial charge in [-0.05, 0) is 36.2 Å². The third kappa shape index (κ3) is 3.19. The lowest BCUT2D eigenvalue weighted by molar-refractivity contribution is 0.328. The molecule has 4 heteroatoms. The van der Waals surface area contributed by atoms with Crippen molar-refractivity contribution in [2.24, 2.45) is 0 Å². The molecule has 122 valence electrons. The first kappa shape index (κ1) is 15.0. The molecule has 1 aliphatic heterocycles. The van der Waals surface area contributed by atoms with E-state index in [1.165, 1.54) is 11.1 Å². The van der Waals surface area contributed by atoms with Crippen LogP contribution in [0.5, 0.6) is 5.75 Å². The lowest BCUT2D eigenvalue weighted by Gasteiger charge is -2.18. The van der Waals surface area contributed by atoms with Crippen molar-refractivity contribution in [2.45, 2.75) is 19.0 Å². The molecule has 2 aromatic carbocycles. The van der Waals surface area contributed by atoms with Crippen molar-refractivity contribution in [3.05, 3.63) is 66.5 Å². The summed E-state index contributed by atoms with van der Waals surface area (Å²) in [6.45, 7) is 2.96. The summed E-state index contributed by atoms with van der Waals surface area (Å²) < 4.78 is 0. The molecule has 0 unspecified atom stereocenters. The Balaban J connectivity index is 1.43. The van der Waals surface area contributed by atoms with Crippen molar-refractivity contribution in [1.29, 1.82) is 0 Å². The molecule has 0 saturated carbocycles. The lowest BCUT2D eigenvalue weighted by Crippen LogP contribution is -2.26. The average Bonchev–Trinajstić information content (AvgIpc) is 3.02. The molecule has 1 atom stereocenters. The minimum Gasteiger partial charge on any atom is -0.508 e. The van der Waals surface area contributed by atoms with E-state index in [4.69, 9.17) is 0 Å². The molecular formula is C20H21N3O. The molecule has 1 aromatic heterocycles. The SMILES string of the molecule is Oc1cccc(CN2CC[C@@H](Nc3cccc4cnccc34)C2)c1. The molecule has 1 fully saturated rings. The smallest absolute Gasteiger partial charge is 0.115 e. The van der Waals surface area contributed by atoms with Gasteiger partial charge in [-0.3, -0.25) is 9.88 Å². The second kappa shape index (κ2) is 6.49. The summed E-state index contributed by atoms with van der Waals surface area (Å²) in [6.07, 6.45) is 4.87. The van der Waals surface area contributed by atoms with Crippen LogP contribution in [0.4, 0.5) is 5.69 Å². The molecule has 0 bridgehead atoms. The van der Waals surface area contributed by atoms with Gasteiger partial charge in [-0.25, -0.2) is 0 Å². The monoisotopic (exact) mass is 319 g/mol. The van der Waals surface area contributed by atoms with E-state index in [-0.39, 0.29) is 0 Å². The van der Waals surface area contributed by atoms with Gasteiger partial charge in [0.15, 0.2) is 0 Å². The zero-order valence-corrected chi connectivity index (χ0v) is 13.5. The minimum atomic E-state index is 0.339. The minimum absolute atomic E-state index is 0.339. The van der Waals surface area contributed by atoms with Crippen molar-refractivity contribution in [3.63, 3.8) is 0 Å². The Morgan fingerprint density at radius 2 is 2.08 bits per heavy atom. The van der Waals surface area contributed by atoms with Crippen LogP contribution in [0.15, 0.2) is 60.9 Å². The van der Waals surface area contributed by atoms with E-state index in [9.17, 15) is 5.11 Å². The Morgan fingerprint density at radius 3 is 3.00 bits per heavy atom. The molecule has 24 heavy (non-hydrogen) atoms. The van der Waals surface area contributed by atoms with Crippen molar-refractivity contribution in [3.8, 4) is 5.75 Å². The van der Waals surface area contributed by atoms with Crippen LogP contribution in [0.2, 0.25) is 0 Å². The van der Waals surface area contributed by atoms with E-state index in [0.717, 1.165) is 37.0 Å². The standard InChI is InChI=1S/C20H21N3O/c24-18-5-1-3-15(11-18)13-23-10-8-17(14-23)22-20-6-2-4-16-12-21-9-7-19(16)20/h1-7,9,11-12,17,22,24H,8,10,13-14H2/t17-/m1/s1. The van der Waals surface area contributed by atoms with Gasteiger partial charge in [-0.2, -0.15) is 0 Å². The van der Waals surface area contributed by atoms with E-state index in [0.29, 0.717) is 11.8 Å². The van der Waals surface area contributed by atoms with Crippen LogP contribution < -0.4 is 5.32 Å². The molecule has 0 spiro atoms. The van der Waals surface area contributed by atoms with Gasteiger partial charge >= 0.3 is 0 Å². The largest absolute Gasteiger partial charge is 0.508 e. The predicted molar refractivity (Wildman–Crippen MR) is 97.2 cm³/mol. The number of nitrogens with zero attached hydrogens (tertiary/aromatic N) is 2. The fourth-order valence-electron chi connectivity index (χ4n) is 3.48. The number of rotatable bonds is 4. The number of aromatic hydroxyl groups is 1. The van der Waals surface area contributed by atoms with E-state index < -0.39 is 0 Å². The average molecular weight is 319 g/mol. The number of pyridine rings is 1. The summed E-state index contributed by atoms with van der Waals surface area (Å²) >= 11 is 0. The zero-order chi connectivity index (χ0) is 16.4. The van der Waals surface area contributed by atoms with Crippen LogP contribution in [-0.2, 0) is 6.54 Å². The van der Waals surface area contributed by atoms with Crippen LogP contribution in [0.1, 0.15) is 12.0 Å². The summed E-state index contributed by atoms with van der Waals surface area (Å²) in [6, 6.07) is 16.4. The Labute approximate surface area is 141 Å². The van der Waals surface area contributed by atoms with Crippen molar-refractivity contribution in [1.82, 2.24) is 9.88 Å². The van der Waals surface area contributed by atoms with Gasteiger partial charge in [0.1, 0.15) is 5.75 Å². The molecule has 0 radical (unpaired) electrons. The lowest BCUT2D eigenvalue weighted by atomic mass is 10.1. The fraction of sp³-hybridized carbons (Fsp3) is 0.250. The second-order valence-corrected chi connectivity index (χ2v) is 6.44. The highest BCUT2D eigenvalue weighted by atomic mass is 16.3. The van der Waals surface area contributed by atoms with Gasteiger partial charge in [-0.15, -0.1) is 0 Å². The number of phenolic OH excluding ortho intramolecular Hbond substituents is 1. The third-order valence-electron chi connectivity index (χ3n) is 4.63. The topological polar surface area (TPSA) is 48.4 Å². The molecular weight excluding hydrogens is 298 g/mol. The number of aromatic nitrogens is 1. The molecule has 4 rings (SSSR count). The maximum Gasteiger partial charge on any atom is 0.115 e. The van der Waals surface area contributed by atoms with Crippen LogP contribution in [-0.4, -0.2) is 34.1 Å². The van der Waals surface area contributed by atoms with Crippen LogP contribution in [0.25, 0.3) is 10.8 Å². The number of hydrogen-bond acceptors (Lipinski definition) is 4. The van der Waals surface area contributed by atoms with Crippen molar-refractivity contribution < 1.29 is 5.11 Å². The molecule has 1 aliphatic rings. The van der Waals surface area contributed by atoms with Crippen LogP contribution in [0, 0.1) is 0 Å². The molecule has 0 aliphatic carbocycles. The molecule has 2 N–H and O–H groups in total. The number of phenols is 1. The Kier molecular flexibility index (Phi) is 4.05. The highest BCUT2D eigenvalue weighted by molar-refractivity contribution is 5.93. The highest BCUT2D eigenvalue weighted by Gasteiger charge is 2.22. The maximum absolute atomic E-state index is 9.60. The van der Waals surface area contributed by atoms with Crippen LogP contribution in [0.3, 0.4) is 0 Å². The van der Waals surface area contributed by atoms with Crippen molar-refractivity contribution in [2.75, 3.05) is 18.4 Å². The Morgan fingerprint density at radius 1 is 1.17 bits per heavy atom. The van der Waals surface area contributed by atoms with E-state index >= 15 is 0 Å². The van der Waals surface area contributed by atoms with Crippen molar-refractivity contribution >= 4 is 16.5 Å². The molecule has 1 saturated heterocycles. The zero-order valence-electron chi connectivity index (χ0n) is 13.5. The predicted octanol–water partition coefficient (Wildman–Crippen LogP) is 3.63. The summed E-state index contributed by atoms with van der Waals surface area (Å²) in [5.74, 6) is 0.339. The van der Waals surface area contributed by atoms with Gasteiger partial charge in [0.25, 0.3) is 0 Å². The first-order chi connectivity index (χ1) is 11.8. The Hall–Kier alpha value is -2.59. The molecule has 3 aromatic rings.